The Bertz CT molecular complexity index is 505. The molecule has 108 valence electrons. The van der Waals surface area contributed by atoms with Gasteiger partial charge in [-0.15, -0.1) is 0 Å². The Balaban J connectivity index is 1.78. The molecule has 2 unspecified atom stereocenters. The van der Waals surface area contributed by atoms with Crippen LogP contribution in [0.4, 0.5) is 4.39 Å². The number of carbonyl (C=O) groups is 1. The molecule has 1 aromatic carbocycles. The van der Waals surface area contributed by atoms with E-state index in [-0.39, 0.29) is 17.5 Å². The van der Waals surface area contributed by atoms with Crippen molar-refractivity contribution in [3.8, 4) is 5.75 Å². The van der Waals surface area contributed by atoms with Crippen LogP contribution in [0.3, 0.4) is 0 Å². The van der Waals surface area contributed by atoms with Gasteiger partial charge >= 0.3 is 0 Å². The summed E-state index contributed by atoms with van der Waals surface area (Å²) in [4.78, 5) is 12.6. The number of fused-ring (bicyclic) bond motifs is 2. The molecular weight excluding hydrogens is 257 g/mol. The highest BCUT2D eigenvalue weighted by Crippen LogP contribution is 2.32. The van der Waals surface area contributed by atoms with E-state index in [9.17, 15) is 9.18 Å². The summed E-state index contributed by atoms with van der Waals surface area (Å²) < 4.78 is 18.4. The number of carbonyl (C=O) groups excluding carboxylic acids is 1. The number of ketones is 1. The van der Waals surface area contributed by atoms with Crippen molar-refractivity contribution in [2.45, 2.75) is 44.2 Å². The van der Waals surface area contributed by atoms with Crippen LogP contribution in [0.25, 0.3) is 0 Å². The van der Waals surface area contributed by atoms with E-state index in [0.29, 0.717) is 17.6 Å². The molecule has 3 nitrogen and oxygen atoms in total. The SMILES string of the molecule is COc1cc(C(=O)C2CC3CCCC(C2)N3)ccc1F. The monoisotopic (exact) mass is 277 g/mol. The van der Waals surface area contributed by atoms with E-state index in [1.54, 1.807) is 6.07 Å². The molecule has 0 amide bonds. The minimum absolute atomic E-state index is 0.0571. The highest BCUT2D eigenvalue weighted by atomic mass is 19.1. The Hall–Kier alpha value is -1.42. The van der Waals surface area contributed by atoms with Gasteiger partial charge in [0.15, 0.2) is 17.3 Å². The summed E-state index contributed by atoms with van der Waals surface area (Å²) >= 11 is 0. The highest BCUT2D eigenvalue weighted by molar-refractivity contribution is 5.98. The van der Waals surface area contributed by atoms with Crippen molar-refractivity contribution < 1.29 is 13.9 Å². The smallest absolute Gasteiger partial charge is 0.166 e. The van der Waals surface area contributed by atoms with E-state index in [2.05, 4.69) is 5.32 Å². The lowest BCUT2D eigenvalue weighted by Gasteiger charge is -2.39. The summed E-state index contributed by atoms with van der Waals surface area (Å²) in [5.41, 5.74) is 0.563. The molecule has 2 saturated heterocycles. The third-order valence-electron chi connectivity index (χ3n) is 4.52. The quantitative estimate of drug-likeness (QED) is 0.863. The summed E-state index contributed by atoms with van der Waals surface area (Å²) in [6.45, 7) is 0. The maximum Gasteiger partial charge on any atom is 0.166 e. The van der Waals surface area contributed by atoms with Crippen LogP contribution < -0.4 is 10.1 Å². The number of hydrogen-bond donors (Lipinski definition) is 1. The summed E-state index contributed by atoms with van der Waals surface area (Å²) in [5, 5.41) is 3.58. The number of nitrogens with one attached hydrogen (secondary N) is 1. The van der Waals surface area contributed by atoms with Crippen LogP contribution in [-0.2, 0) is 0 Å². The van der Waals surface area contributed by atoms with E-state index in [1.807, 2.05) is 0 Å². The Labute approximate surface area is 118 Å². The minimum Gasteiger partial charge on any atom is -0.494 e. The van der Waals surface area contributed by atoms with Crippen molar-refractivity contribution in [3.63, 3.8) is 0 Å². The predicted molar refractivity (Wildman–Crippen MR) is 74.6 cm³/mol. The Kier molecular flexibility index (Phi) is 3.74. The number of ether oxygens (including phenoxy) is 1. The van der Waals surface area contributed by atoms with Crippen molar-refractivity contribution in [2.75, 3.05) is 7.11 Å². The second-order valence-corrected chi connectivity index (χ2v) is 5.87. The lowest BCUT2D eigenvalue weighted by atomic mass is 9.77. The second kappa shape index (κ2) is 5.52. The molecule has 2 aliphatic heterocycles. The second-order valence-electron chi connectivity index (χ2n) is 5.87. The van der Waals surface area contributed by atoms with Gasteiger partial charge in [-0.25, -0.2) is 4.39 Å². The third-order valence-corrected chi connectivity index (χ3v) is 4.52. The summed E-state index contributed by atoms with van der Waals surface area (Å²) in [6, 6.07) is 5.35. The van der Waals surface area contributed by atoms with E-state index in [4.69, 9.17) is 4.74 Å². The molecule has 1 aromatic rings. The molecule has 0 spiro atoms. The third kappa shape index (κ3) is 2.57. The van der Waals surface area contributed by atoms with Gasteiger partial charge in [-0.3, -0.25) is 4.79 Å². The lowest BCUT2D eigenvalue weighted by Crippen LogP contribution is -2.50. The molecule has 2 fully saturated rings. The van der Waals surface area contributed by atoms with E-state index in [1.165, 1.54) is 25.7 Å². The first-order chi connectivity index (χ1) is 9.67. The topological polar surface area (TPSA) is 38.3 Å². The normalized spacial score (nSPS) is 29.0. The van der Waals surface area contributed by atoms with Crippen molar-refractivity contribution in [1.29, 1.82) is 0 Å². The van der Waals surface area contributed by atoms with Gasteiger partial charge in [-0.05, 0) is 43.9 Å². The number of rotatable bonds is 3. The van der Waals surface area contributed by atoms with Crippen molar-refractivity contribution >= 4 is 5.78 Å². The molecule has 0 aliphatic carbocycles. The zero-order valence-electron chi connectivity index (χ0n) is 11.7. The molecule has 2 bridgehead atoms. The van der Waals surface area contributed by atoms with Gasteiger partial charge < -0.3 is 10.1 Å². The van der Waals surface area contributed by atoms with Gasteiger partial charge in [0.1, 0.15) is 0 Å². The molecule has 20 heavy (non-hydrogen) atoms. The fraction of sp³-hybridized carbons (Fsp3) is 0.562. The Morgan fingerprint density at radius 2 is 2.00 bits per heavy atom. The molecule has 4 heteroatoms. The van der Waals surface area contributed by atoms with Crippen LogP contribution in [0.1, 0.15) is 42.5 Å². The van der Waals surface area contributed by atoms with Crippen LogP contribution in [0, 0.1) is 11.7 Å². The first-order valence-corrected chi connectivity index (χ1v) is 7.31. The Morgan fingerprint density at radius 3 is 2.65 bits per heavy atom. The van der Waals surface area contributed by atoms with E-state index in [0.717, 1.165) is 25.7 Å². The average molecular weight is 277 g/mol. The summed E-state index contributed by atoms with van der Waals surface area (Å²) in [7, 11) is 1.42. The fourth-order valence-corrected chi connectivity index (χ4v) is 3.53. The highest BCUT2D eigenvalue weighted by Gasteiger charge is 2.35. The summed E-state index contributed by atoms with van der Waals surface area (Å²) in [6.07, 6.45) is 5.37. The Morgan fingerprint density at radius 1 is 1.30 bits per heavy atom. The van der Waals surface area contributed by atoms with Crippen molar-refractivity contribution in [1.82, 2.24) is 5.32 Å². The zero-order valence-corrected chi connectivity index (χ0v) is 11.7. The zero-order chi connectivity index (χ0) is 14.1. The maximum absolute atomic E-state index is 13.4. The molecule has 1 N–H and O–H groups in total. The number of piperidine rings is 2. The van der Waals surface area contributed by atoms with Crippen LogP contribution in [0.15, 0.2) is 18.2 Å². The minimum atomic E-state index is -0.425. The van der Waals surface area contributed by atoms with E-state index >= 15 is 0 Å². The molecule has 0 saturated carbocycles. The first kappa shape index (κ1) is 13.6. The van der Waals surface area contributed by atoms with Gasteiger partial charge in [0.05, 0.1) is 7.11 Å². The first-order valence-electron chi connectivity index (χ1n) is 7.31. The largest absolute Gasteiger partial charge is 0.494 e. The molecule has 2 atom stereocenters. The van der Waals surface area contributed by atoms with Crippen LogP contribution in [0.5, 0.6) is 5.75 Å². The van der Waals surface area contributed by atoms with Gasteiger partial charge in [-0.2, -0.15) is 0 Å². The molecule has 0 aromatic heterocycles. The number of methoxy groups -OCH3 is 1. The van der Waals surface area contributed by atoms with Crippen molar-refractivity contribution in [3.05, 3.63) is 29.6 Å². The number of halogens is 1. The van der Waals surface area contributed by atoms with Crippen LogP contribution >= 0.6 is 0 Å². The number of benzene rings is 1. The molecular formula is C16H20FNO2. The fourth-order valence-electron chi connectivity index (χ4n) is 3.53. The lowest BCUT2D eigenvalue weighted by molar-refractivity contribution is 0.0824. The predicted octanol–water partition coefficient (Wildman–Crippen LogP) is 2.94. The van der Waals surface area contributed by atoms with Crippen LogP contribution in [-0.4, -0.2) is 25.0 Å². The molecule has 0 radical (unpaired) electrons. The van der Waals surface area contributed by atoms with E-state index < -0.39 is 5.82 Å². The maximum atomic E-state index is 13.4. The summed E-state index contributed by atoms with van der Waals surface area (Å²) in [5.74, 6) is -0.0976. The number of hydrogen-bond acceptors (Lipinski definition) is 3. The molecule has 3 rings (SSSR count). The van der Waals surface area contributed by atoms with Gasteiger partial charge in [0.25, 0.3) is 0 Å². The molecule has 2 aliphatic rings. The van der Waals surface area contributed by atoms with Crippen LogP contribution in [0.2, 0.25) is 0 Å². The van der Waals surface area contributed by atoms with Gasteiger partial charge in [-0.1, -0.05) is 6.42 Å². The van der Waals surface area contributed by atoms with Gasteiger partial charge in [0, 0.05) is 23.6 Å². The van der Waals surface area contributed by atoms with Crippen molar-refractivity contribution in [2.24, 2.45) is 5.92 Å². The van der Waals surface area contributed by atoms with Gasteiger partial charge in [0.2, 0.25) is 0 Å². The standard InChI is InChI=1S/C16H20FNO2/c1-20-15-9-10(5-6-14(15)17)16(19)11-7-12-3-2-4-13(8-11)18-12/h5-6,9,11-13,18H,2-4,7-8H2,1H3. The average Bonchev–Trinajstić information content (AvgIpc) is 2.46. The number of Topliss-reactive ketones (excluding diaryl/α,β-unsaturated/α-hetero) is 1. The molecule has 2 heterocycles.